The Morgan fingerprint density at radius 3 is 2.58 bits per heavy atom. The molecule has 0 aliphatic carbocycles. The van der Waals surface area contributed by atoms with Crippen LogP contribution in [0.3, 0.4) is 0 Å². The van der Waals surface area contributed by atoms with Crippen molar-refractivity contribution in [1.29, 1.82) is 0 Å². The van der Waals surface area contributed by atoms with Crippen LogP contribution in [0.25, 0.3) is 0 Å². The van der Waals surface area contributed by atoms with Crippen LogP contribution in [0.5, 0.6) is 0 Å². The van der Waals surface area contributed by atoms with E-state index < -0.39 is 10.0 Å². The Morgan fingerprint density at radius 2 is 1.96 bits per heavy atom. The Kier molecular flexibility index (Phi) is 6.42. The first-order valence-electron chi connectivity index (χ1n) is 8.54. The van der Waals surface area contributed by atoms with Gasteiger partial charge in [0.25, 0.3) is 5.91 Å². The minimum atomic E-state index is -3.52. The van der Waals surface area contributed by atoms with E-state index in [-0.39, 0.29) is 16.8 Å². The molecule has 1 aliphatic rings. The summed E-state index contributed by atoms with van der Waals surface area (Å²) in [5, 5.41) is 6.05. The summed E-state index contributed by atoms with van der Waals surface area (Å²) in [7, 11) is -1.82. The van der Waals surface area contributed by atoms with Gasteiger partial charge in [0, 0.05) is 38.9 Å². The fourth-order valence-electron chi connectivity index (χ4n) is 2.91. The zero-order valence-corrected chi connectivity index (χ0v) is 15.5. The molecule has 0 bridgehead atoms. The maximum Gasteiger partial charge on any atom is 0.267 e. The molecule has 136 valence electrons. The first-order chi connectivity index (χ1) is 11.4. The van der Waals surface area contributed by atoms with Crippen molar-refractivity contribution in [2.45, 2.75) is 44.0 Å². The number of amides is 1. The molecule has 2 rings (SSSR count). The lowest BCUT2D eigenvalue weighted by atomic mass is 10.2. The second kappa shape index (κ2) is 8.13. The van der Waals surface area contributed by atoms with E-state index in [0.29, 0.717) is 25.3 Å². The number of nitrogens with one attached hydrogen (secondary N) is 2. The molecule has 1 atom stereocenters. The molecule has 0 radical (unpaired) electrons. The molecule has 8 heteroatoms. The van der Waals surface area contributed by atoms with Crippen molar-refractivity contribution in [3.05, 3.63) is 18.0 Å². The number of hydrogen-bond acceptors (Lipinski definition) is 4. The molecule has 24 heavy (non-hydrogen) atoms. The van der Waals surface area contributed by atoms with Crippen LogP contribution in [0.4, 0.5) is 0 Å². The summed E-state index contributed by atoms with van der Waals surface area (Å²) >= 11 is 0. The quantitative estimate of drug-likeness (QED) is 0.761. The molecule has 0 unspecified atom stereocenters. The third-order valence-electron chi connectivity index (χ3n) is 4.29. The number of sulfonamides is 1. The van der Waals surface area contributed by atoms with Gasteiger partial charge in [-0.25, -0.2) is 8.42 Å². The minimum Gasteiger partial charge on any atom is -0.349 e. The Morgan fingerprint density at radius 1 is 1.29 bits per heavy atom. The van der Waals surface area contributed by atoms with Crippen LogP contribution >= 0.6 is 0 Å². The Balaban J connectivity index is 2.10. The number of rotatable bonds is 7. The molecule has 1 saturated heterocycles. The summed E-state index contributed by atoms with van der Waals surface area (Å²) in [5.41, 5.74) is 0.356. The van der Waals surface area contributed by atoms with Gasteiger partial charge in [0.1, 0.15) is 10.6 Å². The van der Waals surface area contributed by atoms with Gasteiger partial charge in [0.05, 0.1) is 0 Å². The number of aromatic nitrogens is 1. The van der Waals surface area contributed by atoms with Crippen molar-refractivity contribution in [3.63, 3.8) is 0 Å². The monoisotopic (exact) mass is 356 g/mol. The third-order valence-corrected chi connectivity index (χ3v) is 6.15. The average molecular weight is 356 g/mol. The SMILES string of the molecule is CCN[C@H](C)CNC(=O)c1cc(S(=O)(=O)N2CCCCC2)cn1C. The van der Waals surface area contributed by atoms with E-state index >= 15 is 0 Å². The van der Waals surface area contributed by atoms with Crippen molar-refractivity contribution in [3.8, 4) is 0 Å². The molecule has 1 aliphatic heterocycles. The molecule has 1 amide bonds. The van der Waals surface area contributed by atoms with Crippen molar-refractivity contribution in [1.82, 2.24) is 19.5 Å². The van der Waals surface area contributed by atoms with E-state index in [0.717, 1.165) is 25.8 Å². The summed E-state index contributed by atoms with van der Waals surface area (Å²) in [6.45, 7) is 6.43. The summed E-state index contributed by atoms with van der Waals surface area (Å²) < 4.78 is 28.5. The van der Waals surface area contributed by atoms with Gasteiger partial charge >= 0.3 is 0 Å². The highest BCUT2D eigenvalue weighted by Crippen LogP contribution is 2.22. The number of carbonyl (C=O) groups is 1. The van der Waals surface area contributed by atoms with Gasteiger partial charge in [0.2, 0.25) is 10.0 Å². The molecule has 1 aromatic rings. The maximum atomic E-state index is 12.7. The smallest absolute Gasteiger partial charge is 0.267 e. The van der Waals surface area contributed by atoms with Crippen LogP contribution < -0.4 is 10.6 Å². The molecule has 2 N–H and O–H groups in total. The number of aryl methyl sites for hydroxylation is 1. The van der Waals surface area contributed by atoms with E-state index in [1.54, 1.807) is 11.6 Å². The number of hydrogen-bond donors (Lipinski definition) is 2. The van der Waals surface area contributed by atoms with Crippen molar-refractivity contribution in [2.75, 3.05) is 26.2 Å². The zero-order valence-electron chi connectivity index (χ0n) is 14.7. The topological polar surface area (TPSA) is 83.4 Å². The largest absolute Gasteiger partial charge is 0.349 e. The van der Waals surface area contributed by atoms with E-state index in [1.165, 1.54) is 16.6 Å². The lowest BCUT2D eigenvalue weighted by Crippen LogP contribution is -2.39. The molecule has 0 spiro atoms. The zero-order chi connectivity index (χ0) is 17.7. The van der Waals surface area contributed by atoms with Crippen LogP contribution in [0.15, 0.2) is 17.2 Å². The number of likely N-dealkylation sites (N-methyl/N-ethyl adjacent to an activating group) is 1. The van der Waals surface area contributed by atoms with Crippen LogP contribution in [-0.2, 0) is 17.1 Å². The van der Waals surface area contributed by atoms with Gasteiger partial charge in [-0.1, -0.05) is 13.3 Å². The van der Waals surface area contributed by atoms with E-state index in [4.69, 9.17) is 0 Å². The van der Waals surface area contributed by atoms with Gasteiger partial charge in [0.15, 0.2) is 0 Å². The van der Waals surface area contributed by atoms with E-state index in [2.05, 4.69) is 10.6 Å². The average Bonchev–Trinajstić information content (AvgIpc) is 2.96. The van der Waals surface area contributed by atoms with Gasteiger partial charge in [-0.3, -0.25) is 4.79 Å². The van der Waals surface area contributed by atoms with Crippen molar-refractivity contribution < 1.29 is 13.2 Å². The lowest BCUT2D eigenvalue weighted by molar-refractivity contribution is 0.0942. The molecule has 7 nitrogen and oxygen atoms in total. The van der Waals surface area contributed by atoms with Crippen LogP contribution in [0.2, 0.25) is 0 Å². The molecule has 2 heterocycles. The van der Waals surface area contributed by atoms with Crippen LogP contribution in [0.1, 0.15) is 43.6 Å². The van der Waals surface area contributed by atoms with Gasteiger partial charge in [-0.15, -0.1) is 0 Å². The molecular weight excluding hydrogens is 328 g/mol. The Labute approximate surface area is 144 Å². The predicted molar refractivity (Wildman–Crippen MR) is 93.5 cm³/mol. The second-order valence-electron chi connectivity index (χ2n) is 6.31. The maximum absolute atomic E-state index is 12.7. The second-order valence-corrected chi connectivity index (χ2v) is 8.24. The lowest BCUT2D eigenvalue weighted by Gasteiger charge is -2.25. The normalized spacial score (nSPS) is 17.6. The molecular formula is C16H28N4O3S. The standard InChI is InChI=1S/C16H28N4O3S/c1-4-17-13(2)11-18-16(21)15-10-14(12-19(15)3)24(22,23)20-8-6-5-7-9-20/h10,12-13,17H,4-9,11H2,1-3H3,(H,18,21)/t13-/m1/s1. The van der Waals surface area contributed by atoms with Crippen molar-refractivity contribution >= 4 is 15.9 Å². The van der Waals surface area contributed by atoms with Crippen molar-refractivity contribution in [2.24, 2.45) is 7.05 Å². The summed E-state index contributed by atoms with van der Waals surface area (Å²) in [5.74, 6) is -0.262. The summed E-state index contributed by atoms with van der Waals surface area (Å²) in [4.78, 5) is 12.5. The third kappa shape index (κ3) is 4.37. The minimum absolute atomic E-state index is 0.163. The highest BCUT2D eigenvalue weighted by atomic mass is 32.2. The van der Waals surface area contributed by atoms with Gasteiger partial charge in [-0.2, -0.15) is 4.31 Å². The Bertz CT molecular complexity index is 663. The van der Waals surface area contributed by atoms with Crippen LogP contribution in [0, 0.1) is 0 Å². The molecule has 0 aromatic carbocycles. The Hall–Kier alpha value is -1.38. The van der Waals surface area contributed by atoms with Gasteiger partial charge < -0.3 is 15.2 Å². The first kappa shape index (κ1) is 19.0. The number of nitrogens with zero attached hydrogens (tertiary/aromatic N) is 2. The molecule has 0 saturated carbocycles. The highest BCUT2D eigenvalue weighted by Gasteiger charge is 2.28. The summed E-state index contributed by atoms with van der Waals surface area (Å²) in [6.07, 6.45) is 4.37. The fourth-order valence-corrected chi connectivity index (χ4v) is 4.50. The fraction of sp³-hybridized carbons (Fsp3) is 0.688. The van der Waals surface area contributed by atoms with Gasteiger partial charge in [-0.05, 0) is 32.4 Å². The van der Waals surface area contributed by atoms with Crippen LogP contribution in [-0.4, -0.2) is 55.4 Å². The predicted octanol–water partition coefficient (Wildman–Crippen LogP) is 0.928. The molecule has 1 fully saturated rings. The van der Waals surface area contributed by atoms with E-state index in [1.807, 2.05) is 13.8 Å². The number of carbonyl (C=O) groups excluding carboxylic acids is 1. The summed E-state index contributed by atoms with van der Waals surface area (Å²) in [6, 6.07) is 1.63. The highest BCUT2D eigenvalue weighted by molar-refractivity contribution is 7.89. The molecule has 1 aromatic heterocycles. The first-order valence-corrected chi connectivity index (χ1v) is 9.98. The van der Waals surface area contributed by atoms with E-state index in [9.17, 15) is 13.2 Å². The number of piperidine rings is 1.